The fourth-order valence-corrected chi connectivity index (χ4v) is 1.64. The zero-order chi connectivity index (χ0) is 15.4. The number of pyridine rings is 1. The zero-order valence-corrected chi connectivity index (χ0v) is 11.1. The Hall–Kier alpha value is -3.16. The first-order valence-corrected chi connectivity index (χ1v) is 5.88. The number of oxime groups is 1. The molecule has 0 aliphatic heterocycles. The van der Waals surface area contributed by atoms with E-state index in [1.54, 1.807) is 18.2 Å². The molecule has 0 radical (unpaired) electrons. The van der Waals surface area contributed by atoms with Crippen LogP contribution in [-0.4, -0.2) is 21.0 Å². The SMILES string of the molecule is Cc1cccc(Oc2ncc(/C(N)=N/O)cc2[N+](=O)[O-])c1. The third kappa shape index (κ3) is 3.24. The van der Waals surface area contributed by atoms with Crippen LogP contribution in [0.5, 0.6) is 11.6 Å². The molecule has 0 atom stereocenters. The molecule has 0 fully saturated rings. The number of amidine groups is 1. The summed E-state index contributed by atoms with van der Waals surface area (Å²) in [6.07, 6.45) is 1.23. The molecule has 2 rings (SSSR count). The number of rotatable bonds is 4. The van der Waals surface area contributed by atoms with E-state index in [2.05, 4.69) is 10.1 Å². The van der Waals surface area contributed by atoms with Crippen LogP contribution in [0.15, 0.2) is 41.7 Å². The van der Waals surface area contributed by atoms with Crippen LogP contribution in [0.1, 0.15) is 11.1 Å². The van der Waals surface area contributed by atoms with Crippen molar-refractivity contribution in [2.75, 3.05) is 0 Å². The van der Waals surface area contributed by atoms with Gasteiger partial charge in [-0.25, -0.2) is 4.98 Å². The Balaban J connectivity index is 2.41. The lowest BCUT2D eigenvalue weighted by Gasteiger charge is -2.07. The van der Waals surface area contributed by atoms with E-state index in [9.17, 15) is 10.1 Å². The van der Waals surface area contributed by atoms with Gasteiger partial charge in [0, 0.05) is 17.8 Å². The second kappa shape index (κ2) is 5.87. The maximum atomic E-state index is 11.1. The first kappa shape index (κ1) is 14.3. The minimum Gasteiger partial charge on any atom is -0.434 e. The lowest BCUT2D eigenvalue weighted by molar-refractivity contribution is -0.386. The van der Waals surface area contributed by atoms with Crippen LogP contribution in [0.2, 0.25) is 0 Å². The van der Waals surface area contributed by atoms with Gasteiger partial charge in [-0.3, -0.25) is 10.1 Å². The first-order valence-electron chi connectivity index (χ1n) is 5.88. The van der Waals surface area contributed by atoms with Crippen molar-refractivity contribution >= 4 is 11.5 Å². The monoisotopic (exact) mass is 288 g/mol. The van der Waals surface area contributed by atoms with Crippen molar-refractivity contribution < 1.29 is 14.9 Å². The number of nitrogens with two attached hydrogens (primary N) is 1. The number of ether oxygens (including phenoxy) is 1. The van der Waals surface area contributed by atoms with Gasteiger partial charge >= 0.3 is 5.69 Å². The average Bonchev–Trinajstić information content (AvgIpc) is 2.46. The standard InChI is InChI=1S/C13H12N4O4/c1-8-3-2-4-10(5-8)21-13-11(17(19)20)6-9(7-15-13)12(14)16-18/h2-7,18H,1H3,(H2,14,16). The molecule has 0 spiro atoms. The fraction of sp³-hybridized carbons (Fsp3) is 0.0769. The molecular weight excluding hydrogens is 276 g/mol. The summed E-state index contributed by atoms with van der Waals surface area (Å²) in [7, 11) is 0. The molecule has 1 heterocycles. The molecule has 8 heteroatoms. The number of nitrogens with zero attached hydrogens (tertiary/aromatic N) is 3. The molecule has 0 amide bonds. The van der Waals surface area contributed by atoms with E-state index in [0.29, 0.717) is 5.75 Å². The molecule has 8 nitrogen and oxygen atoms in total. The third-order valence-corrected chi connectivity index (χ3v) is 2.64. The largest absolute Gasteiger partial charge is 0.434 e. The van der Waals surface area contributed by atoms with E-state index >= 15 is 0 Å². The maximum absolute atomic E-state index is 11.1. The molecular formula is C13H12N4O4. The number of hydrogen-bond acceptors (Lipinski definition) is 6. The number of aromatic nitrogens is 1. The Kier molecular flexibility index (Phi) is 3.98. The Morgan fingerprint density at radius 3 is 2.86 bits per heavy atom. The topological polar surface area (TPSA) is 124 Å². The molecule has 1 aromatic heterocycles. The van der Waals surface area contributed by atoms with E-state index in [4.69, 9.17) is 15.7 Å². The predicted octanol–water partition coefficient (Wildman–Crippen LogP) is 2.19. The van der Waals surface area contributed by atoms with Gasteiger partial charge in [0.05, 0.1) is 4.92 Å². The van der Waals surface area contributed by atoms with Gasteiger partial charge in [-0.1, -0.05) is 17.3 Å². The fourth-order valence-electron chi connectivity index (χ4n) is 1.64. The van der Waals surface area contributed by atoms with Crippen molar-refractivity contribution in [1.29, 1.82) is 0 Å². The number of nitro groups is 1. The normalized spacial score (nSPS) is 11.2. The van der Waals surface area contributed by atoms with Crippen molar-refractivity contribution in [3.05, 3.63) is 57.8 Å². The summed E-state index contributed by atoms with van der Waals surface area (Å²) in [4.78, 5) is 14.3. The average molecular weight is 288 g/mol. The third-order valence-electron chi connectivity index (χ3n) is 2.64. The highest BCUT2D eigenvalue weighted by Crippen LogP contribution is 2.29. The van der Waals surface area contributed by atoms with Crippen molar-refractivity contribution in [3.63, 3.8) is 0 Å². The molecule has 0 unspecified atom stereocenters. The summed E-state index contributed by atoms with van der Waals surface area (Å²) >= 11 is 0. The molecule has 0 bridgehead atoms. The number of benzene rings is 1. The lowest BCUT2D eigenvalue weighted by atomic mass is 10.2. The molecule has 3 N–H and O–H groups in total. The number of hydrogen-bond donors (Lipinski definition) is 2. The van der Waals surface area contributed by atoms with Crippen LogP contribution in [0.4, 0.5) is 5.69 Å². The van der Waals surface area contributed by atoms with E-state index in [1.807, 2.05) is 13.0 Å². The lowest BCUT2D eigenvalue weighted by Crippen LogP contribution is -2.14. The minimum absolute atomic E-state index is 0.126. The van der Waals surface area contributed by atoms with Gasteiger partial charge in [-0.15, -0.1) is 0 Å². The Morgan fingerprint density at radius 2 is 2.24 bits per heavy atom. The summed E-state index contributed by atoms with van der Waals surface area (Å²) in [5.74, 6) is -0.00468. The van der Waals surface area contributed by atoms with Gasteiger partial charge in [0.1, 0.15) is 5.75 Å². The van der Waals surface area contributed by atoms with Crippen LogP contribution in [0, 0.1) is 17.0 Å². The van der Waals surface area contributed by atoms with E-state index < -0.39 is 4.92 Å². The predicted molar refractivity (Wildman–Crippen MR) is 74.7 cm³/mol. The van der Waals surface area contributed by atoms with Crippen LogP contribution >= 0.6 is 0 Å². The van der Waals surface area contributed by atoms with Gasteiger partial charge in [-0.2, -0.15) is 0 Å². The van der Waals surface area contributed by atoms with Crippen molar-refractivity contribution in [1.82, 2.24) is 4.98 Å². The second-order valence-corrected chi connectivity index (χ2v) is 4.21. The summed E-state index contributed by atoms with van der Waals surface area (Å²) in [6, 6.07) is 8.16. The van der Waals surface area contributed by atoms with Gasteiger partial charge in [-0.05, 0) is 24.6 Å². The zero-order valence-electron chi connectivity index (χ0n) is 11.1. The number of aryl methyl sites for hydroxylation is 1. The van der Waals surface area contributed by atoms with Crippen LogP contribution in [0.25, 0.3) is 0 Å². The first-order chi connectivity index (χ1) is 10.0. The highest BCUT2D eigenvalue weighted by Gasteiger charge is 2.20. The van der Waals surface area contributed by atoms with Crippen LogP contribution < -0.4 is 10.5 Å². The summed E-state index contributed by atoms with van der Waals surface area (Å²) < 4.78 is 5.42. The Labute approximate surface area is 119 Å². The van der Waals surface area contributed by atoms with Gasteiger partial charge in [0.25, 0.3) is 5.88 Å². The Morgan fingerprint density at radius 1 is 1.48 bits per heavy atom. The molecule has 0 aliphatic carbocycles. The molecule has 2 aromatic rings. The van der Waals surface area contributed by atoms with E-state index in [1.165, 1.54) is 6.20 Å². The highest BCUT2D eigenvalue weighted by molar-refractivity contribution is 5.97. The molecule has 0 saturated carbocycles. The highest BCUT2D eigenvalue weighted by atomic mass is 16.6. The van der Waals surface area contributed by atoms with Crippen molar-refractivity contribution in [2.45, 2.75) is 6.92 Å². The van der Waals surface area contributed by atoms with E-state index in [0.717, 1.165) is 11.6 Å². The molecule has 0 aliphatic rings. The summed E-state index contributed by atoms with van der Waals surface area (Å²) in [5, 5.41) is 22.4. The minimum atomic E-state index is -0.647. The molecule has 0 saturated heterocycles. The smallest absolute Gasteiger partial charge is 0.332 e. The maximum Gasteiger partial charge on any atom is 0.332 e. The second-order valence-electron chi connectivity index (χ2n) is 4.21. The van der Waals surface area contributed by atoms with Gasteiger partial charge in [0.2, 0.25) is 0 Å². The van der Waals surface area contributed by atoms with Gasteiger partial charge < -0.3 is 15.7 Å². The summed E-state index contributed by atoms with van der Waals surface area (Å²) in [6.45, 7) is 1.87. The Bertz CT molecular complexity index is 715. The quantitative estimate of drug-likeness (QED) is 0.292. The van der Waals surface area contributed by atoms with Crippen molar-refractivity contribution in [2.24, 2.45) is 10.9 Å². The molecule has 1 aromatic carbocycles. The van der Waals surface area contributed by atoms with Crippen molar-refractivity contribution in [3.8, 4) is 11.6 Å². The van der Waals surface area contributed by atoms with E-state index in [-0.39, 0.29) is 23.0 Å². The summed E-state index contributed by atoms with van der Waals surface area (Å²) in [5.41, 5.74) is 6.08. The van der Waals surface area contributed by atoms with Crippen LogP contribution in [-0.2, 0) is 0 Å². The molecule has 21 heavy (non-hydrogen) atoms. The molecule has 108 valence electrons. The van der Waals surface area contributed by atoms with Crippen LogP contribution in [0.3, 0.4) is 0 Å². The van der Waals surface area contributed by atoms with Gasteiger partial charge in [0.15, 0.2) is 5.84 Å².